The average Bonchev–Trinajstić information content (AvgIpc) is 1.35. The minimum Gasteiger partial charge on any atom is -0.358 e. The van der Waals surface area contributed by atoms with Crippen LogP contribution in [0.1, 0.15) is 0 Å². The van der Waals surface area contributed by atoms with E-state index in [2.05, 4.69) is 4.44 Å². The molecule has 0 spiro atoms. The SMILES string of the molecule is BOP(=O)(O)O.[Ag].[AlH3].[Zn]. The summed E-state index contributed by atoms with van der Waals surface area (Å²) in [6.07, 6.45) is 0. The van der Waals surface area contributed by atoms with E-state index < -0.39 is 7.82 Å². The molecular formula is H7AgAlBO4PZn. The quantitative estimate of drug-likeness (QED) is 0.413. The fourth-order valence-electron chi connectivity index (χ4n) is 0. The van der Waals surface area contributed by atoms with E-state index in [0.717, 1.165) is 8.05 Å². The van der Waals surface area contributed by atoms with Gasteiger partial charge < -0.3 is 14.2 Å². The summed E-state index contributed by atoms with van der Waals surface area (Å²) in [6.45, 7) is 0. The van der Waals surface area contributed by atoms with Crippen molar-refractivity contribution in [3.8, 4) is 0 Å². The van der Waals surface area contributed by atoms with Gasteiger partial charge >= 0.3 is 7.82 Å². The molecule has 1 radical (unpaired) electrons. The normalized spacial score (nSPS) is 7.78. The summed E-state index contributed by atoms with van der Waals surface area (Å²) in [6, 6.07) is 0. The average molecular weight is 313 g/mol. The van der Waals surface area contributed by atoms with Crippen molar-refractivity contribution in [1.82, 2.24) is 0 Å². The van der Waals surface area contributed by atoms with Crippen LogP contribution in [0.4, 0.5) is 0 Å². The van der Waals surface area contributed by atoms with Gasteiger partial charge in [-0.2, -0.15) is 0 Å². The van der Waals surface area contributed by atoms with E-state index in [4.69, 9.17) is 9.79 Å². The summed E-state index contributed by atoms with van der Waals surface area (Å²) in [4.78, 5) is 15.4. The Morgan fingerprint density at radius 3 is 1.56 bits per heavy atom. The largest absolute Gasteiger partial charge is 0.454 e. The molecule has 0 aromatic heterocycles. The summed E-state index contributed by atoms with van der Waals surface area (Å²) in [5.41, 5.74) is 0. The van der Waals surface area contributed by atoms with Gasteiger partial charge in [0.2, 0.25) is 0 Å². The number of phosphoric acid groups is 1. The van der Waals surface area contributed by atoms with Gasteiger partial charge in [-0.25, -0.2) is 4.57 Å². The molecule has 0 unspecified atom stereocenters. The van der Waals surface area contributed by atoms with E-state index in [1.54, 1.807) is 0 Å². The molecule has 0 aliphatic carbocycles. The molecule has 0 aromatic carbocycles. The predicted molar refractivity (Wildman–Crippen MR) is 31.6 cm³/mol. The molecule has 0 atom stereocenters. The summed E-state index contributed by atoms with van der Waals surface area (Å²) < 4.78 is 13.1. The molecule has 0 bridgehead atoms. The molecule has 4 nitrogen and oxygen atoms in total. The maximum atomic E-state index is 9.47. The number of hydrogen-bond acceptors (Lipinski definition) is 2. The van der Waals surface area contributed by atoms with Crippen molar-refractivity contribution in [2.45, 2.75) is 0 Å². The number of rotatable bonds is 1. The molecule has 9 heteroatoms. The maximum Gasteiger partial charge on any atom is 0.454 e. The Bertz CT molecular complexity index is 84.6. The van der Waals surface area contributed by atoms with Crippen LogP contribution in [0.2, 0.25) is 0 Å². The van der Waals surface area contributed by atoms with Gasteiger partial charge in [0.25, 0.3) is 8.05 Å². The van der Waals surface area contributed by atoms with Crippen molar-refractivity contribution in [2.24, 2.45) is 0 Å². The summed E-state index contributed by atoms with van der Waals surface area (Å²) in [5.74, 6) is 0. The van der Waals surface area contributed by atoms with Gasteiger partial charge in [0.05, 0.1) is 0 Å². The van der Waals surface area contributed by atoms with Gasteiger partial charge in [-0.15, -0.1) is 0 Å². The molecular weight excluding hydrogens is 306 g/mol. The molecule has 0 amide bonds. The Morgan fingerprint density at radius 2 is 1.56 bits per heavy atom. The van der Waals surface area contributed by atoms with Crippen LogP contribution in [0.25, 0.3) is 0 Å². The van der Waals surface area contributed by atoms with Gasteiger partial charge in [-0.1, -0.05) is 0 Å². The van der Waals surface area contributed by atoms with Crippen LogP contribution < -0.4 is 0 Å². The molecule has 0 fully saturated rings. The Balaban J connectivity index is -0.0000000417. The van der Waals surface area contributed by atoms with E-state index in [1.165, 1.54) is 0 Å². The molecule has 0 saturated carbocycles. The molecule has 0 saturated heterocycles. The second-order valence-corrected chi connectivity index (χ2v) is 2.02. The molecule has 2 N–H and O–H groups in total. The summed E-state index contributed by atoms with van der Waals surface area (Å²) in [5, 5.41) is 0. The van der Waals surface area contributed by atoms with Crippen LogP contribution in [0, 0.1) is 0 Å². The first-order valence-electron chi connectivity index (χ1n) is 1.17. The Hall–Kier alpha value is 2.07. The van der Waals surface area contributed by atoms with Crippen molar-refractivity contribution in [3.05, 3.63) is 0 Å². The number of hydrogen-bond donors (Lipinski definition) is 2. The third kappa shape index (κ3) is 25.5. The summed E-state index contributed by atoms with van der Waals surface area (Å²) in [7, 11) is -3.20. The third-order valence-corrected chi connectivity index (χ3v) is 0.714. The van der Waals surface area contributed by atoms with E-state index in [0.29, 0.717) is 0 Å². The molecule has 0 aliphatic heterocycles. The van der Waals surface area contributed by atoms with Gasteiger partial charge in [0.15, 0.2) is 17.4 Å². The Morgan fingerprint density at radius 1 is 1.44 bits per heavy atom. The van der Waals surface area contributed by atoms with Crippen LogP contribution in [0.15, 0.2) is 0 Å². The predicted octanol–water partition coefficient (Wildman–Crippen LogP) is -2.55. The molecule has 9 heavy (non-hydrogen) atoms. The van der Waals surface area contributed by atoms with Crippen molar-refractivity contribution in [1.29, 1.82) is 0 Å². The second-order valence-electron chi connectivity index (χ2n) is 0.673. The molecule has 0 heterocycles. The van der Waals surface area contributed by atoms with Crippen molar-refractivity contribution in [2.75, 3.05) is 0 Å². The maximum absolute atomic E-state index is 9.47. The van der Waals surface area contributed by atoms with Crippen LogP contribution in [-0.2, 0) is 50.9 Å². The van der Waals surface area contributed by atoms with E-state index in [9.17, 15) is 4.57 Å². The fraction of sp³-hybridized carbons (Fsp3) is 0. The molecule has 0 rings (SSSR count). The van der Waals surface area contributed by atoms with Crippen LogP contribution in [-0.4, -0.2) is 35.2 Å². The van der Waals surface area contributed by atoms with E-state index >= 15 is 0 Å². The summed E-state index contributed by atoms with van der Waals surface area (Å²) >= 11 is 0. The molecule has 0 aliphatic rings. The smallest absolute Gasteiger partial charge is 0.358 e. The zero-order valence-electron chi connectivity index (χ0n) is 4.17. The fourth-order valence-corrected chi connectivity index (χ4v) is 0. The zero-order chi connectivity index (χ0) is 5.21. The Kier molecular flexibility index (Phi) is 25.1. The van der Waals surface area contributed by atoms with E-state index in [1.807, 2.05) is 0 Å². The van der Waals surface area contributed by atoms with Gasteiger partial charge in [-0.3, -0.25) is 0 Å². The van der Waals surface area contributed by atoms with Gasteiger partial charge in [0.1, 0.15) is 0 Å². The van der Waals surface area contributed by atoms with Crippen molar-refractivity contribution in [3.63, 3.8) is 0 Å². The third-order valence-electron chi connectivity index (χ3n) is 0.238. The Labute approximate surface area is 93.2 Å². The van der Waals surface area contributed by atoms with Crippen LogP contribution in [0.5, 0.6) is 0 Å². The second kappa shape index (κ2) is 10.1. The first-order chi connectivity index (χ1) is 2.56. The molecule has 0 aromatic rings. The van der Waals surface area contributed by atoms with Crippen LogP contribution >= 0.6 is 7.82 Å². The van der Waals surface area contributed by atoms with Gasteiger partial charge in [-0.05, 0) is 0 Å². The first kappa shape index (κ1) is 22.5. The first-order valence-corrected chi connectivity index (χ1v) is 2.70. The minimum absolute atomic E-state index is 0. The van der Waals surface area contributed by atoms with Crippen LogP contribution in [0.3, 0.4) is 0 Å². The van der Waals surface area contributed by atoms with Crippen molar-refractivity contribution >= 4 is 33.2 Å². The monoisotopic (exact) mass is 311 g/mol. The topological polar surface area (TPSA) is 66.8 Å². The minimum atomic E-state index is -4.15. The van der Waals surface area contributed by atoms with E-state index in [-0.39, 0.29) is 59.2 Å². The molecule has 55 valence electrons. The van der Waals surface area contributed by atoms with Gasteiger partial charge in [0, 0.05) is 41.9 Å². The zero-order valence-corrected chi connectivity index (χ0v) is 9.51. The van der Waals surface area contributed by atoms with Crippen molar-refractivity contribution < 1.29 is 60.7 Å². The standard InChI is InChI=1S/Ag.Al.BH4O4P.Zn.3H/c;;1-5-6(2,3)4;;;;/h;;1H2,(H2,2,3,4);;;;.